The highest BCUT2D eigenvalue weighted by Crippen LogP contribution is 2.16. The molecule has 1 amide bonds. The van der Waals surface area contributed by atoms with Crippen molar-refractivity contribution in [1.29, 1.82) is 0 Å². The lowest BCUT2D eigenvalue weighted by Gasteiger charge is -2.21. The van der Waals surface area contributed by atoms with Crippen molar-refractivity contribution in [2.24, 2.45) is 4.99 Å². The minimum absolute atomic E-state index is 0. The van der Waals surface area contributed by atoms with Gasteiger partial charge in [-0.15, -0.1) is 35.3 Å². The van der Waals surface area contributed by atoms with Crippen LogP contribution in [0.5, 0.6) is 0 Å². The molecule has 29 heavy (non-hydrogen) atoms. The molecule has 1 heterocycles. The summed E-state index contributed by atoms with van der Waals surface area (Å²) < 4.78 is 0. The molecule has 0 aliphatic heterocycles. The fourth-order valence-electron chi connectivity index (χ4n) is 2.80. The second-order valence-electron chi connectivity index (χ2n) is 8.09. The number of hydrogen-bond donors (Lipinski definition) is 3. The van der Waals surface area contributed by atoms with Gasteiger partial charge in [-0.25, -0.2) is 0 Å². The zero-order valence-electron chi connectivity index (χ0n) is 18.1. The summed E-state index contributed by atoms with van der Waals surface area (Å²) in [5, 5.41) is 9.76. The maximum atomic E-state index is 12.4. The van der Waals surface area contributed by atoms with Crippen molar-refractivity contribution in [2.75, 3.05) is 7.05 Å². The molecule has 0 spiro atoms. The summed E-state index contributed by atoms with van der Waals surface area (Å²) in [6.45, 7) is 10.8. The van der Waals surface area contributed by atoms with E-state index in [1.807, 2.05) is 56.4 Å². The zero-order valence-corrected chi connectivity index (χ0v) is 21.3. The van der Waals surface area contributed by atoms with E-state index in [2.05, 4.69) is 46.9 Å². The average Bonchev–Trinajstić information content (AvgIpc) is 3.02. The molecule has 5 nitrogen and oxygen atoms in total. The topological polar surface area (TPSA) is 65.5 Å². The monoisotopic (exact) mass is 528 g/mol. The third-order valence-electron chi connectivity index (χ3n) is 4.05. The molecule has 0 bridgehead atoms. The molecule has 7 heteroatoms. The molecule has 0 aliphatic rings. The Morgan fingerprint density at radius 1 is 1.21 bits per heavy atom. The lowest BCUT2D eigenvalue weighted by Crippen LogP contribution is -2.42. The maximum absolute atomic E-state index is 12.4. The van der Waals surface area contributed by atoms with E-state index >= 15 is 0 Å². The van der Waals surface area contributed by atoms with Gasteiger partial charge in [-0.2, -0.15) is 0 Å². The Morgan fingerprint density at radius 3 is 2.52 bits per heavy atom. The van der Waals surface area contributed by atoms with Gasteiger partial charge in [-0.3, -0.25) is 9.79 Å². The number of carbonyl (C=O) groups is 1. The molecule has 160 valence electrons. The third kappa shape index (κ3) is 9.16. The van der Waals surface area contributed by atoms with Gasteiger partial charge in [0.1, 0.15) is 0 Å². The molecular formula is C22H33IN4OS. The average molecular weight is 529 g/mol. The van der Waals surface area contributed by atoms with E-state index < -0.39 is 0 Å². The van der Waals surface area contributed by atoms with Crippen LogP contribution in [0.3, 0.4) is 0 Å². The Bertz CT molecular complexity index is 826. The number of carbonyl (C=O) groups excluding carboxylic acids is 1. The normalized spacial score (nSPS) is 12.7. The van der Waals surface area contributed by atoms with Crippen molar-refractivity contribution >= 4 is 47.2 Å². The molecule has 0 fully saturated rings. The number of guanidine groups is 1. The predicted octanol–water partition coefficient (Wildman–Crippen LogP) is 4.50. The van der Waals surface area contributed by atoms with Gasteiger partial charge in [0.2, 0.25) is 0 Å². The smallest absolute Gasteiger partial charge is 0.251 e. The molecule has 3 N–H and O–H groups in total. The predicted molar refractivity (Wildman–Crippen MR) is 135 cm³/mol. The maximum Gasteiger partial charge on any atom is 0.251 e. The van der Waals surface area contributed by atoms with Crippen LogP contribution < -0.4 is 16.0 Å². The van der Waals surface area contributed by atoms with Crippen LogP contribution in [0.1, 0.15) is 53.4 Å². The van der Waals surface area contributed by atoms with Gasteiger partial charge in [0.15, 0.2) is 5.96 Å². The Labute approximate surface area is 195 Å². The first kappa shape index (κ1) is 25.4. The number of nitrogens with one attached hydrogen (secondary N) is 3. The Balaban J connectivity index is 0.00000420. The fraction of sp³-hybridized carbons (Fsp3) is 0.455. The molecule has 0 radical (unpaired) electrons. The van der Waals surface area contributed by atoms with Crippen LogP contribution >= 0.6 is 35.3 Å². The molecule has 0 saturated heterocycles. The quantitative estimate of drug-likeness (QED) is 0.294. The largest absolute Gasteiger partial charge is 0.354 e. The van der Waals surface area contributed by atoms with Crippen LogP contribution in [0.4, 0.5) is 0 Å². The van der Waals surface area contributed by atoms with Gasteiger partial charge in [0.25, 0.3) is 5.91 Å². The first-order valence-corrected chi connectivity index (χ1v) is 10.4. The van der Waals surface area contributed by atoms with Crippen LogP contribution in [0.15, 0.2) is 41.4 Å². The number of nitrogens with zero attached hydrogens (tertiary/aromatic N) is 1. The van der Waals surface area contributed by atoms with Gasteiger partial charge in [0, 0.05) is 46.9 Å². The fourth-order valence-corrected chi connectivity index (χ4v) is 3.82. The standard InChI is InChI=1S/C22H32N4OS.HI/c1-15(12-19-11-10-16(2)28-19)25-21(23-6)24-14-17-8-7-9-18(13-17)20(27)26-22(3,4)5;/h7-11,13,15H,12,14H2,1-6H3,(H,26,27)(H2,23,24,25);1H. The summed E-state index contributed by atoms with van der Waals surface area (Å²) in [6, 6.07) is 12.3. The van der Waals surface area contributed by atoms with Crippen LogP contribution in [0, 0.1) is 6.92 Å². The molecule has 2 aromatic rings. The highest BCUT2D eigenvalue weighted by atomic mass is 127. The molecule has 0 saturated carbocycles. The Hall–Kier alpha value is -1.61. The lowest BCUT2D eigenvalue weighted by molar-refractivity contribution is 0.0919. The van der Waals surface area contributed by atoms with Crippen molar-refractivity contribution in [2.45, 2.75) is 59.2 Å². The molecule has 1 unspecified atom stereocenters. The number of benzene rings is 1. The Morgan fingerprint density at radius 2 is 1.93 bits per heavy atom. The van der Waals surface area contributed by atoms with Gasteiger partial charge >= 0.3 is 0 Å². The number of halogens is 1. The van der Waals surface area contributed by atoms with Gasteiger partial charge < -0.3 is 16.0 Å². The van der Waals surface area contributed by atoms with E-state index in [0.29, 0.717) is 12.1 Å². The second-order valence-corrected chi connectivity index (χ2v) is 9.46. The van der Waals surface area contributed by atoms with Crippen LogP contribution in [-0.4, -0.2) is 30.5 Å². The number of hydrogen-bond acceptors (Lipinski definition) is 3. The summed E-state index contributed by atoms with van der Waals surface area (Å²) in [6.07, 6.45) is 0.960. The highest BCUT2D eigenvalue weighted by molar-refractivity contribution is 14.0. The van der Waals surface area contributed by atoms with E-state index in [9.17, 15) is 4.79 Å². The number of aryl methyl sites for hydroxylation is 1. The van der Waals surface area contributed by atoms with Crippen molar-refractivity contribution in [3.63, 3.8) is 0 Å². The van der Waals surface area contributed by atoms with Crippen molar-refractivity contribution in [3.8, 4) is 0 Å². The second kappa shape index (κ2) is 11.5. The number of amides is 1. The lowest BCUT2D eigenvalue weighted by atomic mass is 10.1. The zero-order chi connectivity index (χ0) is 20.7. The van der Waals surface area contributed by atoms with Crippen LogP contribution in [0.2, 0.25) is 0 Å². The van der Waals surface area contributed by atoms with Crippen molar-refractivity contribution in [1.82, 2.24) is 16.0 Å². The molecule has 1 aromatic heterocycles. The first-order valence-electron chi connectivity index (χ1n) is 9.60. The number of aliphatic imine (C=N–C) groups is 1. The first-order chi connectivity index (χ1) is 13.2. The molecule has 1 aromatic carbocycles. The molecule has 0 aliphatic carbocycles. The van der Waals surface area contributed by atoms with E-state index in [4.69, 9.17) is 0 Å². The number of rotatable bonds is 6. The van der Waals surface area contributed by atoms with Crippen molar-refractivity contribution in [3.05, 3.63) is 57.3 Å². The van der Waals surface area contributed by atoms with E-state index in [-0.39, 0.29) is 41.5 Å². The van der Waals surface area contributed by atoms with Crippen LogP contribution in [-0.2, 0) is 13.0 Å². The minimum Gasteiger partial charge on any atom is -0.354 e. The summed E-state index contributed by atoms with van der Waals surface area (Å²) >= 11 is 1.83. The van der Waals surface area contributed by atoms with E-state index in [1.165, 1.54) is 9.75 Å². The van der Waals surface area contributed by atoms with Gasteiger partial charge in [-0.1, -0.05) is 12.1 Å². The minimum atomic E-state index is -0.255. The highest BCUT2D eigenvalue weighted by Gasteiger charge is 2.15. The van der Waals surface area contributed by atoms with Gasteiger partial charge in [-0.05, 0) is 64.4 Å². The summed E-state index contributed by atoms with van der Waals surface area (Å²) in [7, 11) is 1.77. The Kier molecular flexibility index (Phi) is 10.1. The van der Waals surface area contributed by atoms with E-state index in [1.54, 1.807) is 7.05 Å². The van der Waals surface area contributed by atoms with E-state index in [0.717, 1.165) is 17.9 Å². The van der Waals surface area contributed by atoms with Crippen LogP contribution in [0.25, 0.3) is 0 Å². The molecule has 2 rings (SSSR count). The van der Waals surface area contributed by atoms with Gasteiger partial charge in [0.05, 0.1) is 0 Å². The third-order valence-corrected chi connectivity index (χ3v) is 5.07. The summed E-state index contributed by atoms with van der Waals surface area (Å²) in [5.41, 5.74) is 1.44. The molecule has 1 atom stereocenters. The van der Waals surface area contributed by atoms with Crippen molar-refractivity contribution < 1.29 is 4.79 Å². The number of thiophene rings is 1. The summed E-state index contributed by atoms with van der Waals surface area (Å²) in [4.78, 5) is 19.4. The summed E-state index contributed by atoms with van der Waals surface area (Å²) in [5.74, 6) is 0.696. The SMILES string of the molecule is CN=C(NCc1cccc(C(=O)NC(C)(C)C)c1)NC(C)Cc1ccc(C)s1.I. The molecular weight excluding hydrogens is 495 g/mol.